The third-order valence-electron chi connectivity index (χ3n) is 2.25. The number of carbonyl (C=O) groups excluding carboxylic acids is 2. The van der Waals surface area contributed by atoms with Crippen LogP contribution >= 0.6 is 11.3 Å². The van der Waals surface area contributed by atoms with Crippen molar-refractivity contribution < 1.29 is 14.4 Å². The molecule has 96 valence electrons. The molecule has 0 bridgehead atoms. The maximum atomic E-state index is 11.9. The van der Waals surface area contributed by atoms with Gasteiger partial charge in [0.2, 0.25) is 0 Å². The summed E-state index contributed by atoms with van der Waals surface area (Å²) in [4.78, 5) is 37.3. The lowest BCUT2D eigenvalue weighted by molar-refractivity contribution is 0.0515. The van der Waals surface area contributed by atoms with E-state index in [9.17, 15) is 14.5 Å². The van der Waals surface area contributed by atoms with Crippen LogP contribution in [0.25, 0.3) is 0 Å². The second kappa shape index (κ2) is 5.87. The SMILES string of the molecule is O=NOC(=O)c1sccc1NC(=O)c1ccccc1. The zero-order valence-electron chi connectivity index (χ0n) is 9.53. The Morgan fingerprint density at radius 2 is 1.89 bits per heavy atom. The Kier molecular flexibility index (Phi) is 3.99. The largest absolute Gasteiger partial charge is 0.381 e. The standard InChI is InChI=1S/C12H8N2O4S/c15-11(8-4-2-1-3-5-8)13-9-6-7-19-10(9)12(16)18-14-17/h1-7H,(H,13,15). The number of nitrogens with one attached hydrogen (secondary N) is 1. The molecule has 2 rings (SSSR count). The van der Waals surface area contributed by atoms with Gasteiger partial charge in [0.05, 0.1) is 5.69 Å². The number of carbonyl (C=O) groups is 2. The van der Waals surface area contributed by atoms with Gasteiger partial charge in [-0.15, -0.1) is 16.2 Å². The Hall–Kier alpha value is -2.54. The molecule has 7 heteroatoms. The molecule has 1 N–H and O–H groups in total. The van der Waals surface area contributed by atoms with Crippen molar-refractivity contribution in [3.8, 4) is 0 Å². The molecule has 0 radical (unpaired) electrons. The number of hydrogen-bond acceptors (Lipinski definition) is 6. The summed E-state index contributed by atoms with van der Waals surface area (Å²) in [6, 6.07) is 10.1. The average Bonchev–Trinajstić information content (AvgIpc) is 2.88. The molecule has 0 aliphatic rings. The molecule has 1 aromatic heterocycles. The highest BCUT2D eigenvalue weighted by Crippen LogP contribution is 2.24. The first-order chi connectivity index (χ1) is 9.22. The number of amides is 1. The number of hydrogen-bond donors (Lipinski definition) is 1. The van der Waals surface area contributed by atoms with Crippen LogP contribution in [0.1, 0.15) is 20.0 Å². The first-order valence-electron chi connectivity index (χ1n) is 5.20. The van der Waals surface area contributed by atoms with Gasteiger partial charge in [0.1, 0.15) is 4.88 Å². The molecule has 0 saturated heterocycles. The molecule has 1 heterocycles. The van der Waals surface area contributed by atoms with E-state index in [1.807, 2.05) is 0 Å². The van der Waals surface area contributed by atoms with Crippen LogP contribution in [0.4, 0.5) is 5.69 Å². The predicted octanol–water partition coefficient (Wildman–Crippen LogP) is 2.84. The fraction of sp³-hybridized carbons (Fsp3) is 0. The molecule has 2 aromatic rings. The average molecular weight is 276 g/mol. The minimum Gasteiger partial charge on any atom is -0.320 e. The predicted molar refractivity (Wildman–Crippen MR) is 69.9 cm³/mol. The zero-order chi connectivity index (χ0) is 13.7. The van der Waals surface area contributed by atoms with Crippen LogP contribution in [0.15, 0.2) is 47.1 Å². The quantitative estimate of drug-likeness (QED) is 0.687. The number of thiophene rings is 1. The van der Waals surface area contributed by atoms with E-state index in [0.29, 0.717) is 5.56 Å². The number of anilines is 1. The van der Waals surface area contributed by atoms with Crippen molar-refractivity contribution in [2.24, 2.45) is 5.34 Å². The minimum atomic E-state index is -0.895. The molecule has 0 unspecified atom stereocenters. The van der Waals surface area contributed by atoms with Crippen molar-refractivity contribution in [3.63, 3.8) is 0 Å². The van der Waals surface area contributed by atoms with E-state index >= 15 is 0 Å². The molecule has 0 atom stereocenters. The second-order valence-electron chi connectivity index (χ2n) is 3.44. The number of rotatable bonds is 4. The van der Waals surface area contributed by atoms with Gasteiger partial charge in [0, 0.05) is 5.56 Å². The molecular formula is C12H8N2O4S. The van der Waals surface area contributed by atoms with Gasteiger partial charge in [-0.1, -0.05) is 18.2 Å². The van der Waals surface area contributed by atoms with Crippen LogP contribution in [0.3, 0.4) is 0 Å². The Morgan fingerprint density at radius 3 is 2.58 bits per heavy atom. The maximum Gasteiger partial charge on any atom is 0.381 e. The Bertz CT molecular complexity index is 609. The monoisotopic (exact) mass is 276 g/mol. The number of benzene rings is 1. The van der Waals surface area contributed by atoms with E-state index in [0.717, 1.165) is 11.3 Å². The lowest BCUT2D eigenvalue weighted by atomic mass is 10.2. The normalized spacial score (nSPS) is 9.68. The summed E-state index contributed by atoms with van der Waals surface area (Å²) in [7, 11) is 0. The molecule has 19 heavy (non-hydrogen) atoms. The molecule has 6 nitrogen and oxygen atoms in total. The van der Waals surface area contributed by atoms with E-state index in [-0.39, 0.29) is 16.5 Å². The summed E-state index contributed by atoms with van der Waals surface area (Å²) in [6.07, 6.45) is 0. The van der Waals surface area contributed by atoms with Crippen LogP contribution in [0, 0.1) is 4.91 Å². The van der Waals surface area contributed by atoms with E-state index in [1.165, 1.54) is 0 Å². The maximum absolute atomic E-state index is 11.9. The smallest absolute Gasteiger partial charge is 0.320 e. The topological polar surface area (TPSA) is 84.8 Å². The van der Waals surface area contributed by atoms with Gasteiger partial charge in [0.25, 0.3) is 5.91 Å². The molecule has 0 aliphatic carbocycles. The lowest BCUT2D eigenvalue weighted by Gasteiger charge is -2.04. The summed E-state index contributed by atoms with van der Waals surface area (Å²) in [5, 5.41) is 6.24. The van der Waals surface area contributed by atoms with Gasteiger partial charge in [-0.25, -0.2) is 4.79 Å². The second-order valence-corrected chi connectivity index (χ2v) is 4.35. The van der Waals surface area contributed by atoms with Crippen LogP contribution in [0.5, 0.6) is 0 Å². The molecule has 0 spiro atoms. The van der Waals surface area contributed by atoms with Crippen molar-refractivity contribution in [2.45, 2.75) is 0 Å². The van der Waals surface area contributed by atoms with Gasteiger partial charge in [-0.2, -0.15) is 0 Å². The fourth-order valence-electron chi connectivity index (χ4n) is 1.43. The summed E-state index contributed by atoms with van der Waals surface area (Å²) < 4.78 is 0. The molecule has 0 fully saturated rings. The van der Waals surface area contributed by atoms with E-state index in [4.69, 9.17) is 0 Å². The van der Waals surface area contributed by atoms with Gasteiger partial charge in [0.15, 0.2) is 5.34 Å². The molecular weight excluding hydrogens is 268 g/mol. The van der Waals surface area contributed by atoms with E-state index in [1.54, 1.807) is 41.8 Å². The van der Waals surface area contributed by atoms with E-state index < -0.39 is 5.97 Å². The van der Waals surface area contributed by atoms with Gasteiger partial charge < -0.3 is 5.32 Å². The first kappa shape index (κ1) is 12.9. The third-order valence-corrected chi connectivity index (χ3v) is 3.15. The highest BCUT2D eigenvalue weighted by molar-refractivity contribution is 7.12. The summed E-state index contributed by atoms with van der Waals surface area (Å²) >= 11 is 1.05. The minimum absolute atomic E-state index is 0.115. The Morgan fingerprint density at radius 1 is 1.16 bits per heavy atom. The summed E-state index contributed by atoms with van der Waals surface area (Å²) in [5.74, 6) is -1.25. The van der Waals surface area contributed by atoms with Crippen LogP contribution < -0.4 is 5.32 Å². The highest BCUT2D eigenvalue weighted by Gasteiger charge is 2.17. The molecule has 1 amide bonds. The van der Waals surface area contributed by atoms with Crippen molar-refractivity contribution in [2.75, 3.05) is 5.32 Å². The van der Waals surface area contributed by atoms with Crippen molar-refractivity contribution in [1.29, 1.82) is 0 Å². The molecule has 0 aliphatic heterocycles. The van der Waals surface area contributed by atoms with Gasteiger partial charge in [-0.3, -0.25) is 9.63 Å². The third kappa shape index (κ3) is 3.02. The van der Waals surface area contributed by atoms with E-state index in [2.05, 4.69) is 15.5 Å². The van der Waals surface area contributed by atoms with Crippen LogP contribution in [-0.2, 0) is 4.84 Å². The number of nitrogens with zero attached hydrogens (tertiary/aromatic N) is 1. The summed E-state index contributed by atoms with van der Waals surface area (Å²) in [6.45, 7) is 0. The van der Waals surface area contributed by atoms with Crippen molar-refractivity contribution in [1.82, 2.24) is 0 Å². The molecule has 0 saturated carbocycles. The Labute approximate surface area is 111 Å². The zero-order valence-corrected chi connectivity index (χ0v) is 10.3. The van der Waals surface area contributed by atoms with Gasteiger partial charge >= 0.3 is 5.97 Å². The Balaban J connectivity index is 2.16. The summed E-state index contributed by atoms with van der Waals surface area (Å²) in [5.41, 5.74) is 0.744. The highest BCUT2D eigenvalue weighted by atomic mass is 32.1. The first-order valence-corrected chi connectivity index (χ1v) is 6.08. The van der Waals surface area contributed by atoms with Crippen LogP contribution in [-0.4, -0.2) is 11.9 Å². The van der Waals surface area contributed by atoms with Crippen LogP contribution in [0.2, 0.25) is 0 Å². The van der Waals surface area contributed by atoms with Gasteiger partial charge in [-0.05, 0) is 23.6 Å². The van der Waals surface area contributed by atoms with Crippen molar-refractivity contribution in [3.05, 3.63) is 57.1 Å². The fourth-order valence-corrected chi connectivity index (χ4v) is 2.14. The lowest BCUT2D eigenvalue weighted by Crippen LogP contribution is -2.13. The molecule has 1 aromatic carbocycles. The van der Waals surface area contributed by atoms with Crippen molar-refractivity contribution >= 4 is 28.9 Å².